The van der Waals surface area contributed by atoms with Gasteiger partial charge in [0.2, 0.25) is 0 Å². The minimum Gasteiger partial charge on any atom is -0.508 e. The fraction of sp³-hybridized carbons (Fsp3) is 0.231. The van der Waals surface area contributed by atoms with Crippen LogP contribution in [0.25, 0.3) is 5.57 Å². The number of fused-ring (bicyclic) bond motifs is 3. The summed E-state index contributed by atoms with van der Waals surface area (Å²) >= 11 is 1.71. The van der Waals surface area contributed by atoms with E-state index in [1.54, 1.807) is 17.8 Å². The molecule has 1 heterocycles. The van der Waals surface area contributed by atoms with Crippen LogP contribution in [-0.4, -0.2) is 22.1 Å². The zero-order valence-electron chi connectivity index (χ0n) is 8.68. The lowest BCUT2D eigenvalue weighted by atomic mass is 9.91. The first-order valence-corrected chi connectivity index (χ1v) is 6.28. The van der Waals surface area contributed by atoms with Crippen molar-refractivity contribution in [3.8, 4) is 5.75 Å². The molecule has 2 aliphatic rings. The van der Waals surface area contributed by atoms with Crippen molar-refractivity contribution in [3.63, 3.8) is 0 Å². The zero-order valence-corrected chi connectivity index (χ0v) is 9.50. The van der Waals surface area contributed by atoms with Gasteiger partial charge in [-0.1, -0.05) is 12.2 Å². The van der Waals surface area contributed by atoms with Crippen molar-refractivity contribution < 1.29 is 10.2 Å². The van der Waals surface area contributed by atoms with Gasteiger partial charge in [-0.15, -0.1) is 11.8 Å². The summed E-state index contributed by atoms with van der Waals surface area (Å²) in [5.74, 6) is 1.19. The van der Waals surface area contributed by atoms with Crippen molar-refractivity contribution in [1.29, 1.82) is 0 Å². The van der Waals surface area contributed by atoms with Crippen molar-refractivity contribution in [2.75, 3.05) is 5.75 Å². The number of benzene rings is 1. The lowest BCUT2D eigenvalue weighted by Gasteiger charge is -2.25. The highest BCUT2D eigenvalue weighted by molar-refractivity contribution is 7.99. The molecule has 0 saturated carbocycles. The van der Waals surface area contributed by atoms with E-state index >= 15 is 0 Å². The molecular weight excluding hydrogens is 220 g/mol. The van der Waals surface area contributed by atoms with Gasteiger partial charge in [-0.3, -0.25) is 0 Å². The third-order valence-electron chi connectivity index (χ3n) is 2.94. The summed E-state index contributed by atoms with van der Waals surface area (Å²) in [6, 6.07) is 5.48. The van der Waals surface area contributed by atoms with Gasteiger partial charge in [0, 0.05) is 10.6 Å². The topological polar surface area (TPSA) is 40.5 Å². The molecule has 0 radical (unpaired) electrons. The Kier molecular flexibility index (Phi) is 2.30. The number of thioether (sulfide) groups is 1. The van der Waals surface area contributed by atoms with Gasteiger partial charge in [0.25, 0.3) is 0 Å². The van der Waals surface area contributed by atoms with Crippen LogP contribution in [0.2, 0.25) is 0 Å². The smallest absolute Gasteiger partial charge is 0.116 e. The van der Waals surface area contributed by atoms with Gasteiger partial charge in [0.05, 0.1) is 6.10 Å². The number of aliphatic hydroxyl groups excluding tert-OH is 1. The Morgan fingerprint density at radius 2 is 2.19 bits per heavy atom. The second-order valence-electron chi connectivity index (χ2n) is 4.08. The fourth-order valence-corrected chi connectivity index (χ4v) is 3.28. The van der Waals surface area contributed by atoms with Crippen molar-refractivity contribution in [3.05, 3.63) is 41.5 Å². The SMILES string of the molecule is Oc1ccc2c(c1)SCC1=CC(O)CC=C12. The Morgan fingerprint density at radius 3 is 3.06 bits per heavy atom. The van der Waals surface area contributed by atoms with Gasteiger partial charge in [0.1, 0.15) is 5.75 Å². The summed E-state index contributed by atoms with van der Waals surface area (Å²) < 4.78 is 0. The first-order chi connectivity index (χ1) is 7.74. The Bertz CT molecular complexity index is 503. The van der Waals surface area contributed by atoms with E-state index in [1.807, 2.05) is 18.2 Å². The van der Waals surface area contributed by atoms with Gasteiger partial charge in [0.15, 0.2) is 0 Å². The molecule has 0 fully saturated rings. The number of phenolic OH excluding ortho intramolecular Hbond substituents is 1. The molecule has 3 heteroatoms. The second-order valence-corrected chi connectivity index (χ2v) is 5.10. The summed E-state index contributed by atoms with van der Waals surface area (Å²) in [7, 11) is 0. The van der Waals surface area contributed by atoms with Crippen LogP contribution in [0.4, 0.5) is 0 Å². The highest BCUT2D eigenvalue weighted by Gasteiger charge is 2.22. The molecule has 3 rings (SSSR count). The molecule has 0 bridgehead atoms. The standard InChI is InChI=1S/C13H12O2S/c14-9-1-3-11-8(5-9)7-16-13-6-10(15)2-4-12(11)13/h2-6,9,14-15H,1,7H2. The molecule has 1 unspecified atom stereocenters. The average Bonchev–Trinajstić information content (AvgIpc) is 2.28. The van der Waals surface area contributed by atoms with Crippen LogP contribution in [0.1, 0.15) is 12.0 Å². The largest absolute Gasteiger partial charge is 0.508 e. The van der Waals surface area contributed by atoms with E-state index in [2.05, 4.69) is 6.08 Å². The molecular formula is C13H12O2S. The second kappa shape index (κ2) is 3.68. The Balaban J connectivity index is 2.11. The van der Waals surface area contributed by atoms with Crippen LogP contribution in [0.5, 0.6) is 5.75 Å². The van der Waals surface area contributed by atoms with Crippen LogP contribution < -0.4 is 0 Å². The molecule has 82 valence electrons. The lowest BCUT2D eigenvalue weighted by Crippen LogP contribution is -2.12. The molecule has 16 heavy (non-hydrogen) atoms. The maximum Gasteiger partial charge on any atom is 0.116 e. The van der Waals surface area contributed by atoms with Crippen molar-refractivity contribution in [1.82, 2.24) is 0 Å². The number of phenols is 1. The van der Waals surface area contributed by atoms with Crippen LogP contribution in [0, 0.1) is 0 Å². The molecule has 1 aliphatic heterocycles. The number of aromatic hydroxyl groups is 1. The molecule has 0 aromatic heterocycles. The minimum absolute atomic E-state index is 0.315. The number of hydrogen-bond donors (Lipinski definition) is 2. The van der Waals surface area contributed by atoms with E-state index in [-0.39, 0.29) is 6.10 Å². The lowest BCUT2D eigenvalue weighted by molar-refractivity contribution is 0.225. The number of aliphatic hydroxyl groups is 1. The van der Waals surface area contributed by atoms with Gasteiger partial charge in [-0.05, 0) is 41.3 Å². The molecule has 1 aliphatic carbocycles. The number of allylic oxidation sites excluding steroid dienone is 1. The molecule has 0 saturated heterocycles. The van der Waals surface area contributed by atoms with Gasteiger partial charge in [-0.2, -0.15) is 0 Å². The van der Waals surface area contributed by atoms with E-state index in [0.29, 0.717) is 12.2 Å². The maximum atomic E-state index is 9.57. The number of hydrogen-bond acceptors (Lipinski definition) is 3. The normalized spacial score (nSPS) is 22.9. The highest BCUT2D eigenvalue weighted by atomic mass is 32.2. The van der Waals surface area contributed by atoms with Crippen LogP contribution >= 0.6 is 11.8 Å². The van der Waals surface area contributed by atoms with E-state index in [1.165, 1.54) is 16.7 Å². The van der Waals surface area contributed by atoms with Crippen LogP contribution in [0.3, 0.4) is 0 Å². The van der Waals surface area contributed by atoms with E-state index in [0.717, 1.165) is 10.6 Å². The average molecular weight is 232 g/mol. The molecule has 0 spiro atoms. The number of rotatable bonds is 0. The van der Waals surface area contributed by atoms with Crippen molar-refractivity contribution in [2.24, 2.45) is 0 Å². The van der Waals surface area contributed by atoms with Gasteiger partial charge >= 0.3 is 0 Å². The molecule has 1 aromatic carbocycles. The van der Waals surface area contributed by atoms with E-state index < -0.39 is 0 Å². The Hall–Kier alpha value is -1.19. The fourth-order valence-electron chi connectivity index (χ4n) is 2.18. The quantitative estimate of drug-likeness (QED) is 0.722. The predicted octanol–water partition coefficient (Wildman–Crippen LogP) is 2.57. The highest BCUT2D eigenvalue weighted by Crippen LogP contribution is 2.43. The van der Waals surface area contributed by atoms with Crippen LogP contribution in [-0.2, 0) is 0 Å². The third kappa shape index (κ3) is 1.56. The van der Waals surface area contributed by atoms with E-state index in [9.17, 15) is 10.2 Å². The summed E-state index contributed by atoms with van der Waals surface area (Å²) in [5.41, 5.74) is 3.60. The summed E-state index contributed by atoms with van der Waals surface area (Å²) in [4.78, 5) is 1.12. The van der Waals surface area contributed by atoms with Crippen molar-refractivity contribution >= 4 is 17.3 Å². The van der Waals surface area contributed by atoms with Crippen molar-refractivity contribution in [2.45, 2.75) is 17.4 Å². The summed E-state index contributed by atoms with van der Waals surface area (Å²) in [5, 5.41) is 19.0. The molecule has 2 N–H and O–H groups in total. The third-order valence-corrected chi connectivity index (χ3v) is 4.05. The minimum atomic E-state index is -0.335. The monoisotopic (exact) mass is 232 g/mol. The summed E-state index contributed by atoms with van der Waals surface area (Å²) in [6.45, 7) is 0. The van der Waals surface area contributed by atoms with Gasteiger partial charge < -0.3 is 10.2 Å². The first-order valence-electron chi connectivity index (χ1n) is 5.29. The predicted molar refractivity (Wildman–Crippen MR) is 65.5 cm³/mol. The Labute approximate surface area is 98.3 Å². The Morgan fingerprint density at radius 1 is 1.31 bits per heavy atom. The zero-order chi connectivity index (χ0) is 11.1. The molecule has 1 aromatic rings. The van der Waals surface area contributed by atoms with E-state index in [4.69, 9.17) is 0 Å². The molecule has 0 amide bonds. The maximum absolute atomic E-state index is 9.57. The van der Waals surface area contributed by atoms with Crippen LogP contribution in [0.15, 0.2) is 40.8 Å². The summed E-state index contributed by atoms with van der Waals surface area (Å²) in [6.07, 6.45) is 4.38. The molecule has 2 nitrogen and oxygen atoms in total. The van der Waals surface area contributed by atoms with Gasteiger partial charge in [-0.25, -0.2) is 0 Å². The first kappa shape index (κ1) is 10.00. The molecule has 1 atom stereocenters.